The van der Waals surface area contributed by atoms with Gasteiger partial charge in [-0.25, -0.2) is 9.97 Å². The fourth-order valence-electron chi connectivity index (χ4n) is 2.15. The molecule has 6 heteroatoms. The molecule has 0 aliphatic rings. The first-order valence-electron chi connectivity index (χ1n) is 5.63. The Balaban J connectivity index is 2.54. The van der Waals surface area contributed by atoms with Gasteiger partial charge in [-0.05, 0) is 6.07 Å². The van der Waals surface area contributed by atoms with Crippen LogP contribution in [0.2, 0.25) is 0 Å². The number of aromatic nitrogens is 2. The molecule has 19 heavy (non-hydrogen) atoms. The second-order valence-electron chi connectivity index (χ2n) is 3.91. The summed E-state index contributed by atoms with van der Waals surface area (Å²) in [6, 6.07) is 2.02. The minimum atomic E-state index is 0.461. The summed E-state index contributed by atoms with van der Waals surface area (Å²) in [6.45, 7) is 0. The van der Waals surface area contributed by atoms with E-state index in [1.807, 2.05) is 6.07 Å². The first kappa shape index (κ1) is 12.4. The predicted molar refractivity (Wildman–Crippen MR) is 77.6 cm³/mol. The average molecular weight is 295 g/mol. The highest BCUT2D eigenvalue weighted by Gasteiger charge is 2.19. The molecule has 3 rings (SSSR count). The van der Waals surface area contributed by atoms with E-state index in [4.69, 9.17) is 21.1 Å². The number of hydrogen-bond acceptors (Lipinski definition) is 5. The Morgan fingerprint density at radius 1 is 1.11 bits per heavy atom. The van der Waals surface area contributed by atoms with Gasteiger partial charge in [0.1, 0.15) is 11.0 Å². The lowest BCUT2D eigenvalue weighted by atomic mass is 10.2. The highest BCUT2D eigenvalue weighted by molar-refractivity contribution is 7.19. The number of methoxy groups -OCH3 is 2. The van der Waals surface area contributed by atoms with Crippen LogP contribution < -0.4 is 9.47 Å². The molecule has 0 radical (unpaired) electrons. The Labute approximate surface area is 118 Å². The van der Waals surface area contributed by atoms with E-state index in [-0.39, 0.29) is 0 Å². The maximum absolute atomic E-state index is 5.92. The summed E-state index contributed by atoms with van der Waals surface area (Å²) in [6.07, 6.45) is 3.29. The largest absolute Gasteiger partial charge is 0.494 e. The van der Waals surface area contributed by atoms with Crippen LogP contribution >= 0.6 is 22.9 Å². The van der Waals surface area contributed by atoms with Crippen LogP contribution in [0.1, 0.15) is 4.88 Å². The second-order valence-corrected chi connectivity index (χ2v) is 5.31. The molecule has 0 saturated heterocycles. The SMILES string of the molecule is COc1c2cc(CCl)sc2c(OC)c2nccnc12. The quantitative estimate of drug-likeness (QED) is 0.692. The number of hydrogen-bond donors (Lipinski definition) is 0. The van der Waals surface area contributed by atoms with E-state index in [1.165, 1.54) is 0 Å². The lowest BCUT2D eigenvalue weighted by Crippen LogP contribution is -1.94. The fraction of sp³-hybridized carbons (Fsp3) is 0.231. The topological polar surface area (TPSA) is 44.2 Å². The van der Waals surface area contributed by atoms with Crippen molar-refractivity contribution >= 4 is 44.1 Å². The van der Waals surface area contributed by atoms with Gasteiger partial charge >= 0.3 is 0 Å². The number of fused-ring (bicyclic) bond motifs is 2. The maximum atomic E-state index is 5.92. The van der Waals surface area contributed by atoms with E-state index in [0.29, 0.717) is 22.7 Å². The van der Waals surface area contributed by atoms with Crippen molar-refractivity contribution < 1.29 is 9.47 Å². The first-order chi connectivity index (χ1) is 9.30. The lowest BCUT2D eigenvalue weighted by Gasteiger charge is -2.10. The second kappa shape index (κ2) is 4.83. The minimum Gasteiger partial charge on any atom is -0.494 e. The van der Waals surface area contributed by atoms with E-state index in [9.17, 15) is 0 Å². The summed E-state index contributed by atoms with van der Waals surface area (Å²) < 4.78 is 12.0. The van der Waals surface area contributed by atoms with E-state index < -0.39 is 0 Å². The van der Waals surface area contributed by atoms with Gasteiger partial charge in [-0.1, -0.05) is 0 Å². The Kier molecular flexibility index (Phi) is 3.16. The zero-order valence-electron chi connectivity index (χ0n) is 10.4. The van der Waals surface area contributed by atoms with Crippen LogP contribution in [0.4, 0.5) is 0 Å². The van der Waals surface area contributed by atoms with Gasteiger partial charge in [-0.3, -0.25) is 0 Å². The number of ether oxygens (including phenoxy) is 2. The molecule has 2 aromatic heterocycles. The van der Waals surface area contributed by atoms with Crippen LogP contribution in [0, 0.1) is 0 Å². The van der Waals surface area contributed by atoms with Gasteiger partial charge in [0, 0.05) is 22.7 Å². The summed E-state index contributed by atoms with van der Waals surface area (Å²) in [4.78, 5) is 9.76. The summed E-state index contributed by atoms with van der Waals surface area (Å²) >= 11 is 7.51. The molecule has 2 heterocycles. The molecule has 0 spiro atoms. The highest BCUT2D eigenvalue weighted by atomic mass is 35.5. The molecule has 0 amide bonds. The average Bonchev–Trinajstić information content (AvgIpc) is 2.88. The Bertz CT molecular complexity index is 697. The van der Waals surface area contributed by atoms with Crippen LogP contribution in [0.5, 0.6) is 11.5 Å². The number of nitrogens with zero attached hydrogens (tertiary/aromatic N) is 2. The smallest absolute Gasteiger partial charge is 0.164 e. The van der Waals surface area contributed by atoms with Crippen LogP contribution in [0.15, 0.2) is 18.5 Å². The summed E-state index contributed by atoms with van der Waals surface area (Å²) in [7, 11) is 3.27. The molecule has 0 bridgehead atoms. The van der Waals surface area contributed by atoms with Gasteiger partial charge in [0.05, 0.1) is 24.8 Å². The van der Waals surface area contributed by atoms with Crippen molar-refractivity contribution in [3.05, 3.63) is 23.3 Å². The third-order valence-corrected chi connectivity index (χ3v) is 4.48. The van der Waals surface area contributed by atoms with Crippen LogP contribution in [-0.4, -0.2) is 24.2 Å². The minimum absolute atomic E-state index is 0.461. The Morgan fingerprint density at radius 3 is 2.32 bits per heavy atom. The molecule has 0 unspecified atom stereocenters. The van der Waals surface area contributed by atoms with Crippen molar-refractivity contribution in [1.29, 1.82) is 0 Å². The molecule has 0 aliphatic heterocycles. The zero-order valence-corrected chi connectivity index (χ0v) is 12.0. The van der Waals surface area contributed by atoms with Crippen LogP contribution in [0.25, 0.3) is 21.1 Å². The number of alkyl halides is 1. The molecule has 1 aromatic carbocycles. The maximum Gasteiger partial charge on any atom is 0.164 e. The molecule has 0 fully saturated rings. The number of rotatable bonds is 3. The third-order valence-electron chi connectivity index (χ3n) is 2.90. The van der Waals surface area contributed by atoms with Crippen LogP contribution in [0.3, 0.4) is 0 Å². The number of benzene rings is 1. The van der Waals surface area contributed by atoms with Gasteiger partial charge in [0.25, 0.3) is 0 Å². The van der Waals surface area contributed by atoms with Gasteiger partial charge in [-0.2, -0.15) is 0 Å². The molecule has 0 aliphatic carbocycles. The normalized spacial score (nSPS) is 11.1. The standard InChI is InChI=1S/C13H11ClN2O2S/c1-17-11-8-5-7(6-14)19-13(8)12(18-2)10-9(11)15-3-4-16-10/h3-5H,6H2,1-2H3. The zero-order chi connectivity index (χ0) is 13.4. The number of halogens is 1. The van der Waals surface area contributed by atoms with E-state index >= 15 is 0 Å². The van der Waals surface area contributed by atoms with Gasteiger partial charge in [-0.15, -0.1) is 22.9 Å². The third kappa shape index (κ3) is 1.81. The van der Waals surface area contributed by atoms with E-state index in [0.717, 1.165) is 20.7 Å². The Hall–Kier alpha value is -1.59. The van der Waals surface area contributed by atoms with Crippen molar-refractivity contribution in [2.75, 3.05) is 14.2 Å². The van der Waals surface area contributed by atoms with Crippen molar-refractivity contribution in [2.24, 2.45) is 0 Å². The first-order valence-corrected chi connectivity index (χ1v) is 6.98. The molecule has 4 nitrogen and oxygen atoms in total. The molecule has 3 aromatic rings. The highest BCUT2D eigenvalue weighted by Crippen LogP contribution is 2.44. The number of thiophene rings is 1. The molecular weight excluding hydrogens is 284 g/mol. The van der Waals surface area contributed by atoms with Gasteiger partial charge < -0.3 is 9.47 Å². The van der Waals surface area contributed by atoms with Crippen molar-refractivity contribution in [2.45, 2.75) is 5.88 Å². The summed E-state index contributed by atoms with van der Waals surface area (Å²) in [5, 5.41) is 0.966. The van der Waals surface area contributed by atoms with Crippen molar-refractivity contribution in [3.8, 4) is 11.5 Å². The van der Waals surface area contributed by atoms with E-state index in [1.54, 1.807) is 38.0 Å². The summed E-state index contributed by atoms with van der Waals surface area (Å²) in [5.74, 6) is 1.90. The predicted octanol–water partition coefficient (Wildman–Crippen LogP) is 3.60. The van der Waals surface area contributed by atoms with Gasteiger partial charge in [0.2, 0.25) is 0 Å². The van der Waals surface area contributed by atoms with Crippen molar-refractivity contribution in [1.82, 2.24) is 9.97 Å². The molecule has 98 valence electrons. The molecule has 0 atom stereocenters. The summed E-state index contributed by atoms with van der Waals surface area (Å²) in [5.41, 5.74) is 1.41. The van der Waals surface area contributed by atoms with Gasteiger partial charge in [0.15, 0.2) is 11.5 Å². The van der Waals surface area contributed by atoms with Crippen molar-refractivity contribution in [3.63, 3.8) is 0 Å². The lowest BCUT2D eigenvalue weighted by molar-refractivity contribution is 0.416. The monoisotopic (exact) mass is 294 g/mol. The molecule has 0 N–H and O–H groups in total. The van der Waals surface area contributed by atoms with E-state index in [2.05, 4.69) is 9.97 Å². The van der Waals surface area contributed by atoms with Crippen LogP contribution in [-0.2, 0) is 5.88 Å². The molecular formula is C13H11ClN2O2S. The molecule has 0 saturated carbocycles. The Morgan fingerprint density at radius 2 is 1.74 bits per heavy atom. The fourth-order valence-corrected chi connectivity index (χ4v) is 3.42.